The molecule has 0 aromatic rings. The maximum absolute atomic E-state index is 10.0. The Labute approximate surface area is 93.2 Å². The number of aliphatic hydroxyl groups is 1. The zero-order valence-corrected chi connectivity index (χ0v) is 10.4. The molecule has 0 aromatic carbocycles. The molecular weight excluding hydrogens is 190 g/mol. The van der Waals surface area contributed by atoms with Crippen molar-refractivity contribution in [3.05, 3.63) is 0 Å². The lowest BCUT2D eigenvalue weighted by molar-refractivity contribution is 0.0126. The summed E-state index contributed by atoms with van der Waals surface area (Å²) in [4.78, 5) is 0. The van der Waals surface area contributed by atoms with Crippen LogP contribution in [0.15, 0.2) is 0 Å². The molecule has 1 aliphatic heterocycles. The van der Waals surface area contributed by atoms with E-state index in [4.69, 9.17) is 4.74 Å². The zero-order chi connectivity index (χ0) is 11.5. The molecule has 0 aromatic heterocycles. The summed E-state index contributed by atoms with van der Waals surface area (Å²) in [5.41, 5.74) is -0.608. The molecular formula is C12H25NO2. The third-order valence-electron chi connectivity index (χ3n) is 3.67. The van der Waals surface area contributed by atoms with E-state index in [1.54, 1.807) is 0 Å². The molecule has 90 valence electrons. The van der Waals surface area contributed by atoms with Crippen LogP contribution >= 0.6 is 0 Å². The molecule has 1 aliphatic rings. The van der Waals surface area contributed by atoms with Crippen LogP contribution in [0.5, 0.6) is 0 Å². The average Bonchev–Trinajstić information content (AvgIpc) is 2.51. The fourth-order valence-corrected chi connectivity index (χ4v) is 1.76. The van der Waals surface area contributed by atoms with Crippen LogP contribution in [0.1, 0.15) is 34.1 Å². The van der Waals surface area contributed by atoms with Gasteiger partial charge in [0.15, 0.2) is 0 Å². The number of rotatable bonds is 5. The molecule has 0 spiro atoms. The van der Waals surface area contributed by atoms with E-state index in [2.05, 4.69) is 12.2 Å². The van der Waals surface area contributed by atoms with Gasteiger partial charge in [0.25, 0.3) is 0 Å². The molecule has 2 N–H and O–H groups in total. The summed E-state index contributed by atoms with van der Waals surface area (Å²) in [7, 11) is 0. The lowest BCUT2D eigenvalue weighted by Gasteiger charge is -2.28. The predicted molar refractivity (Wildman–Crippen MR) is 61.9 cm³/mol. The summed E-state index contributed by atoms with van der Waals surface area (Å²) in [6.45, 7) is 10.6. The van der Waals surface area contributed by atoms with E-state index in [1.165, 1.54) is 0 Å². The Bertz CT molecular complexity index is 192. The summed E-state index contributed by atoms with van der Waals surface area (Å²) < 4.78 is 5.49. The van der Waals surface area contributed by atoms with Gasteiger partial charge in [0, 0.05) is 19.7 Å². The van der Waals surface area contributed by atoms with Crippen molar-refractivity contribution >= 4 is 0 Å². The normalized spacial score (nSPS) is 30.8. The maximum atomic E-state index is 10.0. The Hall–Kier alpha value is -0.120. The largest absolute Gasteiger partial charge is 0.389 e. The van der Waals surface area contributed by atoms with Crippen molar-refractivity contribution in [1.82, 2.24) is 5.32 Å². The Balaban J connectivity index is 2.21. The fraction of sp³-hybridized carbons (Fsp3) is 1.00. The Morgan fingerprint density at radius 2 is 2.20 bits per heavy atom. The van der Waals surface area contributed by atoms with E-state index in [0.29, 0.717) is 18.6 Å². The molecule has 0 radical (unpaired) electrons. The van der Waals surface area contributed by atoms with Gasteiger partial charge in [-0.25, -0.2) is 0 Å². The second-order valence-electron chi connectivity index (χ2n) is 5.27. The van der Waals surface area contributed by atoms with E-state index >= 15 is 0 Å². The van der Waals surface area contributed by atoms with Crippen LogP contribution in [0.3, 0.4) is 0 Å². The van der Waals surface area contributed by atoms with Gasteiger partial charge in [0.1, 0.15) is 0 Å². The number of hydrogen-bond donors (Lipinski definition) is 2. The highest BCUT2D eigenvalue weighted by Crippen LogP contribution is 2.20. The van der Waals surface area contributed by atoms with Gasteiger partial charge in [-0.3, -0.25) is 0 Å². The van der Waals surface area contributed by atoms with Crippen LogP contribution in [-0.4, -0.2) is 36.5 Å². The van der Waals surface area contributed by atoms with Crippen molar-refractivity contribution in [2.75, 3.05) is 19.7 Å². The summed E-state index contributed by atoms with van der Waals surface area (Å²) in [6, 6.07) is 0. The van der Waals surface area contributed by atoms with Crippen molar-refractivity contribution in [2.24, 2.45) is 11.8 Å². The zero-order valence-electron chi connectivity index (χ0n) is 10.4. The number of ether oxygens (including phenoxy) is 1. The first-order valence-electron chi connectivity index (χ1n) is 5.98. The number of nitrogens with one attached hydrogen (secondary N) is 1. The molecule has 3 nitrogen and oxygen atoms in total. The Morgan fingerprint density at radius 3 is 2.67 bits per heavy atom. The smallest absolute Gasteiger partial charge is 0.0766 e. The SMILES string of the molecule is CC1OCCC1CNCC(C)(O)C(C)C. The van der Waals surface area contributed by atoms with Crippen molar-refractivity contribution < 1.29 is 9.84 Å². The average molecular weight is 215 g/mol. The first kappa shape index (κ1) is 12.9. The molecule has 0 saturated carbocycles. The predicted octanol–water partition coefficient (Wildman–Crippen LogP) is 1.41. The molecule has 3 atom stereocenters. The highest BCUT2D eigenvalue weighted by Gasteiger charge is 2.27. The van der Waals surface area contributed by atoms with Crippen LogP contribution in [0.4, 0.5) is 0 Å². The third-order valence-corrected chi connectivity index (χ3v) is 3.67. The van der Waals surface area contributed by atoms with E-state index in [0.717, 1.165) is 19.6 Å². The highest BCUT2D eigenvalue weighted by molar-refractivity contribution is 4.81. The van der Waals surface area contributed by atoms with Crippen LogP contribution in [0, 0.1) is 11.8 Å². The van der Waals surface area contributed by atoms with Crippen LogP contribution in [0.25, 0.3) is 0 Å². The summed E-state index contributed by atoms with van der Waals surface area (Å²) in [5.74, 6) is 0.884. The monoisotopic (exact) mass is 215 g/mol. The third kappa shape index (κ3) is 3.74. The second kappa shape index (κ2) is 5.28. The lowest BCUT2D eigenvalue weighted by atomic mass is 9.92. The van der Waals surface area contributed by atoms with Gasteiger partial charge >= 0.3 is 0 Å². The Morgan fingerprint density at radius 1 is 1.53 bits per heavy atom. The van der Waals surface area contributed by atoms with Crippen LogP contribution in [-0.2, 0) is 4.74 Å². The van der Waals surface area contributed by atoms with Crippen LogP contribution < -0.4 is 5.32 Å². The molecule has 0 aliphatic carbocycles. The maximum Gasteiger partial charge on any atom is 0.0766 e. The molecule has 3 heteroatoms. The summed E-state index contributed by atoms with van der Waals surface area (Å²) in [6.07, 6.45) is 1.50. The van der Waals surface area contributed by atoms with E-state index in [-0.39, 0.29) is 5.92 Å². The highest BCUT2D eigenvalue weighted by atomic mass is 16.5. The quantitative estimate of drug-likeness (QED) is 0.728. The molecule has 15 heavy (non-hydrogen) atoms. The van der Waals surface area contributed by atoms with E-state index in [9.17, 15) is 5.11 Å². The second-order valence-corrected chi connectivity index (χ2v) is 5.27. The van der Waals surface area contributed by atoms with Gasteiger partial charge in [-0.15, -0.1) is 0 Å². The van der Waals surface area contributed by atoms with Gasteiger partial charge in [0.2, 0.25) is 0 Å². The summed E-state index contributed by atoms with van der Waals surface area (Å²) in [5, 5.41) is 13.4. The standard InChI is InChI=1S/C12H25NO2/c1-9(2)12(4,14)8-13-7-11-5-6-15-10(11)3/h9-11,13-14H,5-8H2,1-4H3. The first-order chi connectivity index (χ1) is 6.93. The number of hydrogen-bond acceptors (Lipinski definition) is 3. The summed E-state index contributed by atoms with van der Waals surface area (Å²) >= 11 is 0. The minimum atomic E-state index is -0.608. The van der Waals surface area contributed by atoms with Crippen molar-refractivity contribution in [3.8, 4) is 0 Å². The van der Waals surface area contributed by atoms with Gasteiger partial charge in [-0.2, -0.15) is 0 Å². The van der Waals surface area contributed by atoms with Gasteiger partial charge in [-0.05, 0) is 32.1 Å². The molecule has 1 heterocycles. The first-order valence-corrected chi connectivity index (χ1v) is 5.98. The van der Waals surface area contributed by atoms with Gasteiger partial charge < -0.3 is 15.2 Å². The molecule has 1 saturated heterocycles. The topological polar surface area (TPSA) is 41.5 Å². The van der Waals surface area contributed by atoms with Crippen molar-refractivity contribution in [3.63, 3.8) is 0 Å². The van der Waals surface area contributed by atoms with Gasteiger partial charge in [-0.1, -0.05) is 13.8 Å². The molecule has 3 unspecified atom stereocenters. The van der Waals surface area contributed by atoms with Crippen LogP contribution in [0.2, 0.25) is 0 Å². The molecule has 0 amide bonds. The lowest BCUT2D eigenvalue weighted by Crippen LogP contribution is -2.44. The Kier molecular flexibility index (Phi) is 4.56. The minimum Gasteiger partial charge on any atom is -0.389 e. The van der Waals surface area contributed by atoms with Crippen molar-refractivity contribution in [1.29, 1.82) is 0 Å². The van der Waals surface area contributed by atoms with Gasteiger partial charge in [0.05, 0.1) is 11.7 Å². The van der Waals surface area contributed by atoms with E-state index in [1.807, 2.05) is 20.8 Å². The fourth-order valence-electron chi connectivity index (χ4n) is 1.76. The minimum absolute atomic E-state index is 0.280. The van der Waals surface area contributed by atoms with Crippen molar-refractivity contribution in [2.45, 2.75) is 45.8 Å². The molecule has 0 bridgehead atoms. The molecule has 1 fully saturated rings. The van der Waals surface area contributed by atoms with E-state index < -0.39 is 5.60 Å². The molecule has 1 rings (SSSR count).